The molecular formula is C16H22F5NO8S2. The molecule has 0 aliphatic rings. The Morgan fingerprint density at radius 2 is 1.56 bits per heavy atom. The van der Waals surface area contributed by atoms with E-state index in [1.54, 1.807) is 6.92 Å². The zero-order valence-corrected chi connectivity index (χ0v) is 18.6. The van der Waals surface area contributed by atoms with Gasteiger partial charge in [-0.1, -0.05) is 23.7 Å². The number of halogens is 5. The van der Waals surface area contributed by atoms with Gasteiger partial charge in [-0.3, -0.25) is 0 Å². The van der Waals surface area contributed by atoms with Crippen molar-refractivity contribution in [3.8, 4) is 0 Å². The molecule has 1 unspecified atom stereocenters. The van der Waals surface area contributed by atoms with Crippen LogP contribution in [0.15, 0.2) is 24.8 Å². The zero-order valence-electron chi connectivity index (χ0n) is 17.0. The van der Waals surface area contributed by atoms with E-state index in [4.69, 9.17) is 4.74 Å². The molecule has 32 heavy (non-hydrogen) atoms. The Bertz CT molecular complexity index is 944. The van der Waals surface area contributed by atoms with Gasteiger partial charge in [-0.2, -0.15) is 22.0 Å². The predicted octanol–water partition coefficient (Wildman–Crippen LogP) is 2.37. The lowest BCUT2D eigenvalue weighted by Gasteiger charge is -2.31. The Morgan fingerprint density at radius 3 is 1.97 bits per heavy atom. The van der Waals surface area contributed by atoms with E-state index in [-0.39, 0.29) is 35.6 Å². The molecule has 1 atom stereocenters. The Balaban J connectivity index is 5.52. The number of esters is 2. The molecule has 0 amide bonds. The monoisotopic (exact) mass is 515 g/mol. The number of carbonyl (C=O) groups is 2. The smallest absolute Gasteiger partial charge is 0.462 e. The molecule has 0 saturated heterocycles. The van der Waals surface area contributed by atoms with Crippen LogP contribution in [0.25, 0.3) is 0 Å². The molecule has 0 saturated carbocycles. The first-order valence-electron chi connectivity index (χ1n) is 8.61. The van der Waals surface area contributed by atoms with Gasteiger partial charge in [0.05, 0.1) is 13.2 Å². The van der Waals surface area contributed by atoms with E-state index in [2.05, 4.69) is 17.9 Å². The largest absolute Gasteiger partial charge is 0.512 e. The Hall–Kier alpha value is -2.07. The number of allylic oxidation sites excluding steroid dienone is 1. The second-order valence-corrected chi connectivity index (χ2v) is 10.3. The van der Waals surface area contributed by atoms with Crippen molar-refractivity contribution in [2.75, 3.05) is 13.2 Å². The van der Waals surface area contributed by atoms with E-state index in [0.717, 1.165) is 0 Å². The van der Waals surface area contributed by atoms with Gasteiger partial charge in [0.2, 0.25) is 0 Å². The highest BCUT2D eigenvalue weighted by atomic mass is 32.3. The molecule has 0 heterocycles. The average Bonchev–Trinajstić information content (AvgIpc) is 2.63. The number of ether oxygens (including phenoxy) is 2. The highest BCUT2D eigenvalue weighted by Crippen LogP contribution is 2.34. The highest BCUT2D eigenvalue weighted by molar-refractivity contribution is 8.05. The van der Waals surface area contributed by atoms with E-state index in [1.807, 2.05) is 0 Å². The number of alkyl halides is 5. The van der Waals surface area contributed by atoms with Crippen LogP contribution in [0.2, 0.25) is 0 Å². The lowest BCUT2D eigenvalue weighted by molar-refractivity contribution is -0.165. The van der Waals surface area contributed by atoms with Gasteiger partial charge < -0.3 is 9.47 Å². The first-order valence-corrected chi connectivity index (χ1v) is 11.6. The molecule has 16 heteroatoms. The number of hydrogen-bond donors (Lipinski definition) is 1. The lowest BCUT2D eigenvalue weighted by Crippen LogP contribution is -2.51. The van der Waals surface area contributed by atoms with Gasteiger partial charge in [0.15, 0.2) is 0 Å². The molecule has 1 N–H and O–H groups in total. The molecule has 0 bridgehead atoms. The normalized spacial score (nSPS) is 14.8. The molecule has 0 spiro atoms. The number of carbonyl (C=O) groups excluding carboxylic acids is 2. The van der Waals surface area contributed by atoms with Crippen LogP contribution in [0.4, 0.5) is 22.0 Å². The second kappa shape index (κ2) is 10.7. The fourth-order valence-corrected chi connectivity index (χ4v) is 4.33. The molecule has 0 aromatic rings. The third-order valence-electron chi connectivity index (χ3n) is 4.15. The molecule has 9 nitrogen and oxygen atoms in total. The first-order chi connectivity index (χ1) is 14.3. The van der Waals surface area contributed by atoms with Crippen molar-refractivity contribution in [1.82, 2.24) is 4.13 Å². The maximum Gasteiger partial charge on any atom is 0.512 e. The van der Waals surface area contributed by atoms with Crippen molar-refractivity contribution >= 4 is 32.0 Å². The summed E-state index contributed by atoms with van der Waals surface area (Å²) in [6.45, 7) is 8.60. The highest BCUT2D eigenvalue weighted by Gasteiger charge is 2.60. The molecule has 0 aliphatic carbocycles. The summed E-state index contributed by atoms with van der Waals surface area (Å²) in [6, 6.07) is 0. The third kappa shape index (κ3) is 7.51. The van der Waals surface area contributed by atoms with E-state index in [1.165, 1.54) is 13.0 Å². The number of rotatable bonds is 13. The van der Waals surface area contributed by atoms with Crippen LogP contribution < -0.4 is 4.13 Å². The molecule has 0 fully saturated rings. The van der Waals surface area contributed by atoms with Crippen molar-refractivity contribution in [3.05, 3.63) is 24.8 Å². The Morgan fingerprint density at radius 1 is 1.03 bits per heavy atom. The molecule has 0 radical (unpaired) electrons. The topological polar surface area (TPSA) is 133 Å². The van der Waals surface area contributed by atoms with Crippen LogP contribution in [0.3, 0.4) is 0 Å². The summed E-state index contributed by atoms with van der Waals surface area (Å²) in [5.41, 5.74) is -7.31. The quantitative estimate of drug-likeness (QED) is 0.171. The van der Waals surface area contributed by atoms with Crippen molar-refractivity contribution in [2.24, 2.45) is 5.41 Å². The summed E-state index contributed by atoms with van der Waals surface area (Å²) in [7, 11) is -13.4. The van der Waals surface area contributed by atoms with Crippen molar-refractivity contribution in [1.29, 1.82) is 0 Å². The predicted molar refractivity (Wildman–Crippen MR) is 101 cm³/mol. The lowest BCUT2D eigenvalue weighted by atomic mass is 9.79. The fourth-order valence-electron chi connectivity index (χ4n) is 2.10. The standard InChI is InChI=1S/C16H22F5NO8S2/c1-5-7-14(6-2,8-9-29-12(23)11(3)4)10-30-13(24)15(17,18)31(25,26)22-32(27,28)16(19,20)21/h5,22H,1,3,6-10H2,2,4H3. The van der Waals surface area contributed by atoms with E-state index < -0.39 is 54.8 Å². The number of nitrogens with one attached hydrogen (secondary N) is 1. The minimum absolute atomic E-state index is 0.0282. The van der Waals surface area contributed by atoms with E-state index in [0.29, 0.717) is 0 Å². The van der Waals surface area contributed by atoms with Crippen LogP contribution in [0.1, 0.15) is 33.1 Å². The number of hydrogen-bond acceptors (Lipinski definition) is 8. The Labute approximate surface area is 181 Å². The van der Waals surface area contributed by atoms with Crippen LogP contribution in [0, 0.1) is 5.41 Å². The van der Waals surface area contributed by atoms with E-state index >= 15 is 0 Å². The second-order valence-electron chi connectivity index (χ2n) is 6.64. The van der Waals surface area contributed by atoms with Crippen molar-refractivity contribution in [3.63, 3.8) is 0 Å². The molecule has 0 aliphatic heterocycles. The minimum Gasteiger partial charge on any atom is -0.462 e. The summed E-state index contributed by atoms with van der Waals surface area (Å²) in [5.74, 6) is -3.55. The summed E-state index contributed by atoms with van der Waals surface area (Å²) in [4.78, 5) is 23.1. The molecule has 0 rings (SSSR count). The zero-order chi connectivity index (χ0) is 25.6. The summed E-state index contributed by atoms with van der Waals surface area (Å²) < 4.78 is 118. The average molecular weight is 515 g/mol. The van der Waals surface area contributed by atoms with Crippen molar-refractivity contribution < 1.29 is 57.9 Å². The summed E-state index contributed by atoms with van der Waals surface area (Å²) in [6.07, 6.45) is 1.43. The van der Waals surface area contributed by atoms with Gasteiger partial charge in [-0.25, -0.2) is 26.4 Å². The van der Waals surface area contributed by atoms with Crippen molar-refractivity contribution in [2.45, 2.75) is 43.9 Å². The van der Waals surface area contributed by atoms with Crippen LogP contribution >= 0.6 is 0 Å². The van der Waals surface area contributed by atoms with Crippen LogP contribution in [-0.4, -0.2) is 52.8 Å². The van der Waals surface area contributed by atoms with Gasteiger partial charge in [0.1, 0.15) is 0 Å². The molecular weight excluding hydrogens is 493 g/mol. The van der Waals surface area contributed by atoms with Crippen LogP contribution in [-0.2, 0) is 39.1 Å². The Kier molecular flexibility index (Phi) is 10.0. The van der Waals surface area contributed by atoms with Gasteiger partial charge in [0, 0.05) is 11.0 Å². The van der Waals surface area contributed by atoms with Gasteiger partial charge >= 0.3 is 42.7 Å². The first kappa shape index (κ1) is 29.9. The van der Waals surface area contributed by atoms with Gasteiger partial charge in [-0.05, 0) is 26.2 Å². The van der Waals surface area contributed by atoms with Gasteiger partial charge in [0.25, 0.3) is 0 Å². The van der Waals surface area contributed by atoms with Crippen LogP contribution in [0.5, 0.6) is 0 Å². The molecule has 0 aromatic carbocycles. The number of sulfonamides is 2. The third-order valence-corrected chi connectivity index (χ3v) is 7.36. The SMILES string of the molecule is C=CCC(CC)(CCOC(=O)C(=C)C)COC(=O)C(F)(F)S(=O)(=O)NS(=O)(=O)C(F)(F)F. The van der Waals surface area contributed by atoms with Gasteiger partial charge in [-0.15, -0.1) is 6.58 Å². The van der Waals surface area contributed by atoms with E-state index in [9.17, 15) is 48.4 Å². The molecule has 0 aromatic heterocycles. The maximum absolute atomic E-state index is 14.0. The summed E-state index contributed by atoms with van der Waals surface area (Å²) >= 11 is 0. The molecule has 186 valence electrons. The minimum atomic E-state index is -6.75. The fraction of sp³-hybridized carbons (Fsp3) is 0.625. The maximum atomic E-state index is 14.0. The summed E-state index contributed by atoms with van der Waals surface area (Å²) in [5, 5.41) is -5.68.